The highest BCUT2D eigenvalue weighted by molar-refractivity contribution is 5.98. The molecule has 3 rings (SSSR count). The summed E-state index contributed by atoms with van der Waals surface area (Å²) in [5.74, 6) is 1.69. The number of aryl methyl sites for hydroxylation is 1. The highest BCUT2D eigenvalue weighted by Crippen LogP contribution is 2.18. The fourth-order valence-corrected chi connectivity index (χ4v) is 3.22. The normalized spacial score (nSPS) is 15.1. The molecule has 0 bridgehead atoms. The largest absolute Gasteiger partial charge is 0.362 e. The lowest BCUT2D eigenvalue weighted by atomic mass is 10.2. The Balaban J connectivity index is 1.72. The summed E-state index contributed by atoms with van der Waals surface area (Å²) in [5.41, 5.74) is 1.88. The molecule has 2 aromatic rings. The number of rotatable bonds is 5. The van der Waals surface area contributed by atoms with Gasteiger partial charge < -0.3 is 20.0 Å². The molecule has 0 aliphatic carbocycles. The zero-order valence-electron chi connectivity index (χ0n) is 17.0. The third kappa shape index (κ3) is 4.41. The van der Waals surface area contributed by atoms with Crippen molar-refractivity contribution >= 4 is 23.4 Å². The van der Waals surface area contributed by atoms with Gasteiger partial charge in [0, 0.05) is 58.7 Å². The molecule has 1 aliphatic rings. The fourth-order valence-electron chi connectivity index (χ4n) is 3.22. The lowest BCUT2D eigenvalue weighted by molar-refractivity contribution is -0.120. The van der Waals surface area contributed by atoms with Crippen LogP contribution in [0.2, 0.25) is 0 Å². The van der Waals surface area contributed by atoms with Gasteiger partial charge in [-0.2, -0.15) is 5.10 Å². The van der Waals surface area contributed by atoms with E-state index in [0.29, 0.717) is 19.6 Å². The molecule has 1 fully saturated rings. The maximum atomic E-state index is 12.7. The van der Waals surface area contributed by atoms with Crippen LogP contribution in [0.15, 0.2) is 35.7 Å². The number of nitrogens with zero attached hydrogens (tertiary/aromatic N) is 7. The number of hydrogen-bond acceptors (Lipinski definition) is 5. The van der Waals surface area contributed by atoms with Crippen LogP contribution in [0.4, 0.5) is 11.5 Å². The Morgan fingerprint density at radius 2 is 2.18 bits per heavy atom. The lowest BCUT2D eigenvalue weighted by Gasteiger charge is -2.35. The molecule has 1 saturated heterocycles. The molecule has 1 amide bonds. The summed E-state index contributed by atoms with van der Waals surface area (Å²) < 4.78 is 1.71. The Labute approximate surface area is 165 Å². The number of hydrogen-bond donors (Lipinski definition) is 1. The monoisotopic (exact) mass is 384 g/mol. The van der Waals surface area contributed by atoms with Gasteiger partial charge in [0.15, 0.2) is 5.96 Å². The molecule has 0 unspecified atom stereocenters. The van der Waals surface area contributed by atoms with Crippen LogP contribution in [0.25, 0.3) is 0 Å². The van der Waals surface area contributed by atoms with Gasteiger partial charge in [0.2, 0.25) is 5.91 Å². The summed E-state index contributed by atoms with van der Waals surface area (Å²) >= 11 is 0. The van der Waals surface area contributed by atoms with Crippen molar-refractivity contribution < 1.29 is 4.79 Å². The summed E-state index contributed by atoms with van der Waals surface area (Å²) in [6, 6.07) is 3.95. The van der Waals surface area contributed by atoms with E-state index >= 15 is 0 Å². The molecule has 0 aromatic carbocycles. The topological polar surface area (TPSA) is 81.9 Å². The highest BCUT2D eigenvalue weighted by atomic mass is 16.2. The van der Waals surface area contributed by atoms with Crippen molar-refractivity contribution in [1.29, 1.82) is 0 Å². The van der Waals surface area contributed by atoms with Gasteiger partial charge in [-0.05, 0) is 13.0 Å². The van der Waals surface area contributed by atoms with Crippen molar-refractivity contribution in [2.45, 2.75) is 13.5 Å². The van der Waals surface area contributed by atoms with Gasteiger partial charge in [0.25, 0.3) is 0 Å². The fraction of sp³-hybridized carbons (Fsp3) is 0.474. The quantitative estimate of drug-likeness (QED) is 0.604. The first kappa shape index (κ1) is 19.7. The number of aromatic nitrogens is 3. The van der Waals surface area contributed by atoms with E-state index < -0.39 is 0 Å². The minimum Gasteiger partial charge on any atom is -0.362 e. The number of guanidine groups is 1. The zero-order chi connectivity index (χ0) is 20.1. The average Bonchev–Trinajstić information content (AvgIpc) is 3.11. The van der Waals surface area contributed by atoms with Crippen molar-refractivity contribution in [2.75, 3.05) is 50.1 Å². The summed E-state index contributed by atoms with van der Waals surface area (Å²) in [5, 5.41) is 7.46. The first-order chi connectivity index (χ1) is 13.5. The van der Waals surface area contributed by atoms with E-state index in [2.05, 4.69) is 15.4 Å². The number of aliphatic imine (C=N–C) groups is 1. The molecule has 0 atom stereocenters. The molecule has 2 aromatic heterocycles. The molecule has 1 N–H and O–H groups in total. The van der Waals surface area contributed by atoms with E-state index in [4.69, 9.17) is 4.99 Å². The maximum Gasteiger partial charge on any atom is 0.246 e. The van der Waals surface area contributed by atoms with Crippen molar-refractivity contribution in [2.24, 2.45) is 12.0 Å². The van der Waals surface area contributed by atoms with Crippen LogP contribution in [0.3, 0.4) is 0 Å². The van der Waals surface area contributed by atoms with E-state index in [1.807, 2.05) is 56.2 Å². The standard InChI is InChI=1S/C19H28N8O/c1-5-20-19(22-11-15-7-6-8-21-18(15)24(2)3)26-9-10-27(17(28)14-26)16-12-23-25(4)13-16/h6-8,12-13H,5,9-11,14H2,1-4H3,(H,20,22). The van der Waals surface area contributed by atoms with Crippen LogP contribution in [0.1, 0.15) is 12.5 Å². The molecule has 9 nitrogen and oxygen atoms in total. The smallest absolute Gasteiger partial charge is 0.246 e. The van der Waals surface area contributed by atoms with Gasteiger partial charge >= 0.3 is 0 Å². The molecule has 3 heterocycles. The number of carbonyl (C=O) groups excluding carboxylic acids is 1. The number of carbonyl (C=O) groups is 1. The lowest BCUT2D eigenvalue weighted by Crippen LogP contribution is -2.55. The average molecular weight is 384 g/mol. The molecule has 0 spiro atoms. The molecule has 1 aliphatic heterocycles. The Morgan fingerprint density at radius 1 is 1.36 bits per heavy atom. The summed E-state index contributed by atoms with van der Waals surface area (Å²) in [6.07, 6.45) is 5.36. The van der Waals surface area contributed by atoms with Gasteiger partial charge in [-0.3, -0.25) is 9.48 Å². The second-order valence-corrected chi connectivity index (χ2v) is 6.89. The first-order valence-electron chi connectivity index (χ1n) is 9.43. The highest BCUT2D eigenvalue weighted by Gasteiger charge is 2.27. The van der Waals surface area contributed by atoms with E-state index in [-0.39, 0.29) is 12.5 Å². The van der Waals surface area contributed by atoms with Crippen molar-refractivity contribution in [3.05, 3.63) is 36.3 Å². The van der Waals surface area contributed by atoms with Gasteiger partial charge in [-0.25, -0.2) is 9.98 Å². The SMILES string of the molecule is CCNC(=NCc1cccnc1N(C)C)N1CCN(c2cnn(C)c2)C(=O)C1. The van der Waals surface area contributed by atoms with Crippen LogP contribution in [-0.2, 0) is 18.4 Å². The third-order valence-electron chi connectivity index (χ3n) is 4.55. The maximum absolute atomic E-state index is 12.7. The van der Waals surface area contributed by atoms with Gasteiger partial charge in [0.1, 0.15) is 12.4 Å². The number of pyridine rings is 1. The summed E-state index contributed by atoms with van der Waals surface area (Å²) in [7, 11) is 5.79. The summed E-state index contributed by atoms with van der Waals surface area (Å²) in [4.78, 5) is 27.6. The van der Waals surface area contributed by atoms with Crippen LogP contribution in [0, 0.1) is 0 Å². The van der Waals surface area contributed by atoms with Crippen LogP contribution in [0.5, 0.6) is 0 Å². The first-order valence-corrected chi connectivity index (χ1v) is 9.43. The Bertz CT molecular complexity index is 844. The van der Waals surface area contributed by atoms with Crippen molar-refractivity contribution in [3.8, 4) is 0 Å². The van der Waals surface area contributed by atoms with E-state index in [1.165, 1.54) is 0 Å². The molecule has 28 heavy (non-hydrogen) atoms. The second-order valence-electron chi connectivity index (χ2n) is 6.89. The number of nitrogens with one attached hydrogen (secondary N) is 1. The third-order valence-corrected chi connectivity index (χ3v) is 4.55. The minimum atomic E-state index is 0.0419. The Kier molecular flexibility index (Phi) is 6.13. The van der Waals surface area contributed by atoms with E-state index in [9.17, 15) is 4.79 Å². The number of amides is 1. The summed E-state index contributed by atoms with van der Waals surface area (Å²) in [6.45, 7) is 4.86. The number of anilines is 2. The predicted molar refractivity (Wildman–Crippen MR) is 111 cm³/mol. The molecule has 0 saturated carbocycles. The number of piperazine rings is 1. The van der Waals surface area contributed by atoms with Crippen LogP contribution in [-0.4, -0.2) is 71.8 Å². The van der Waals surface area contributed by atoms with Crippen LogP contribution >= 0.6 is 0 Å². The zero-order valence-corrected chi connectivity index (χ0v) is 17.0. The van der Waals surface area contributed by atoms with Gasteiger partial charge in [-0.1, -0.05) is 6.07 Å². The van der Waals surface area contributed by atoms with Crippen molar-refractivity contribution in [3.63, 3.8) is 0 Å². The molecule has 9 heteroatoms. The van der Waals surface area contributed by atoms with Crippen LogP contribution < -0.4 is 15.1 Å². The molecular formula is C19H28N8O. The Morgan fingerprint density at radius 3 is 2.82 bits per heavy atom. The minimum absolute atomic E-state index is 0.0419. The molecule has 0 radical (unpaired) electrons. The van der Waals surface area contributed by atoms with Crippen molar-refractivity contribution in [1.82, 2.24) is 25.0 Å². The van der Waals surface area contributed by atoms with E-state index in [0.717, 1.165) is 29.6 Å². The Hall–Kier alpha value is -3.10. The predicted octanol–water partition coefficient (Wildman–Crippen LogP) is 0.695. The van der Waals surface area contributed by atoms with Gasteiger partial charge in [-0.15, -0.1) is 0 Å². The van der Waals surface area contributed by atoms with E-state index in [1.54, 1.807) is 22.0 Å². The van der Waals surface area contributed by atoms with Gasteiger partial charge in [0.05, 0.1) is 18.4 Å². The molecule has 150 valence electrons. The molecular weight excluding hydrogens is 356 g/mol. The second kappa shape index (κ2) is 8.73.